The minimum absolute atomic E-state index is 0.579. The predicted molar refractivity (Wildman–Crippen MR) is 70.1 cm³/mol. The molecule has 1 aromatic heterocycles. The lowest BCUT2D eigenvalue weighted by Crippen LogP contribution is -2.35. The molecule has 2 rings (SSSR count). The summed E-state index contributed by atoms with van der Waals surface area (Å²) in [7, 11) is 0. The van der Waals surface area contributed by atoms with Crippen LogP contribution in [0.3, 0.4) is 0 Å². The highest BCUT2D eigenvalue weighted by Gasteiger charge is 2.14. The molecule has 0 saturated heterocycles. The molecule has 0 bridgehead atoms. The highest BCUT2D eigenvalue weighted by Crippen LogP contribution is 2.24. The van der Waals surface area contributed by atoms with Crippen LogP contribution in [-0.2, 0) is 0 Å². The molecule has 1 unspecified atom stereocenters. The van der Waals surface area contributed by atoms with Crippen molar-refractivity contribution in [1.82, 2.24) is 14.7 Å². The van der Waals surface area contributed by atoms with E-state index in [2.05, 4.69) is 21.6 Å². The van der Waals surface area contributed by atoms with Crippen LogP contribution in [0.2, 0.25) is 0 Å². The van der Waals surface area contributed by atoms with Gasteiger partial charge in [0.05, 0.1) is 0 Å². The number of nitrogens with one attached hydrogen (secondary N) is 1. The van der Waals surface area contributed by atoms with Gasteiger partial charge in [0, 0.05) is 17.8 Å². The molecule has 1 N–H and O–H groups in total. The SMILES string of the molecule is CC(CNC1CCCCC1)Sc1ncns1. The maximum atomic E-state index is 4.19. The quantitative estimate of drug-likeness (QED) is 0.823. The van der Waals surface area contributed by atoms with Crippen molar-refractivity contribution in [3.63, 3.8) is 0 Å². The van der Waals surface area contributed by atoms with Crippen LogP contribution in [0.5, 0.6) is 0 Å². The van der Waals surface area contributed by atoms with E-state index in [0.717, 1.165) is 16.9 Å². The van der Waals surface area contributed by atoms with Crippen molar-refractivity contribution in [2.75, 3.05) is 6.54 Å². The molecule has 0 aliphatic heterocycles. The van der Waals surface area contributed by atoms with Crippen LogP contribution in [0.25, 0.3) is 0 Å². The van der Waals surface area contributed by atoms with Gasteiger partial charge in [-0.3, -0.25) is 0 Å². The molecule has 1 atom stereocenters. The van der Waals surface area contributed by atoms with Crippen molar-refractivity contribution >= 4 is 23.3 Å². The Hall–Kier alpha value is -0.130. The van der Waals surface area contributed by atoms with Crippen molar-refractivity contribution in [3.05, 3.63) is 6.33 Å². The fourth-order valence-electron chi connectivity index (χ4n) is 2.07. The average molecular weight is 257 g/mol. The van der Waals surface area contributed by atoms with Gasteiger partial charge in [0.2, 0.25) is 0 Å². The standard InChI is InChI=1S/C11H19N3S2/c1-9(15-11-13-8-14-16-11)7-12-10-5-3-2-4-6-10/h8-10,12H,2-7H2,1H3. The van der Waals surface area contributed by atoms with E-state index in [0.29, 0.717) is 5.25 Å². The smallest absolute Gasteiger partial charge is 0.170 e. The van der Waals surface area contributed by atoms with Gasteiger partial charge in [0.15, 0.2) is 4.34 Å². The Morgan fingerprint density at radius 2 is 2.31 bits per heavy atom. The first-order chi connectivity index (χ1) is 7.84. The van der Waals surface area contributed by atoms with Crippen molar-refractivity contribution in [2.45, 2.75) is 54.7 Å². The number of hydrogen-bond acceptors (Lipinski definition) is 5. The zero-order valence-electron chi connectivity index (χ0n) is 9.69. The highest BCUT2D eigenvalue weighted by atomic mass is 32.2. The third-order valence-corrected chi connectivity index (χ3v) is 4.79. The van der Waals surface area contributed by atoms with Crippen molar-refractivity contribution in [2.24, 2.45) is 0 Å². The van der Waals surface area contributed by atoms with Gasteiger partial charge in [-0.15, -0.1) is 0 Å². The van der Waals surface area contributed by atoms with Crippen LogP contribution in [0.15, 0.2) is 10.7 Å². The zero-order valence-corrected chi connectivity index (χ0v) is 11.3. The van der Waals surface area contributed by atoms with Crippen LogP contribution in [0.1, 0.15) is 39.0 Å². The van der Waals surface area contributed by atoms with E-state index in [-0.39, 0.29) is 0 Å². The maximum absolute atomic E-state index is 4.19. The van der Waals surface area contributed by atoms with E-state index in [9.17, 15) is 0 Å². The molecule has 1 aliphatic carbocycles. The monoisotopic (exact) mass is 257 g/mol. The summed E-state index contributed by atoms with van der Waals surface area (Å²) in [6, 6.07) is 0.756. The Labute approximate surface area is 106 Å². The fraction of sp³-hybridized carbons (Fsp3) is 0.818. The average Bonchev–Trinajstić information content (AvgIpc) is 2.81. The molecular weight excluding hydrogens is 238 g/mol. The third kappa shape index (κ3) is 4.03. The van der Waals surface area contributed by atoms with E-state index < -0.39 is 0 Å². The first-order valence-electron chi connectivity index (χ1n) is 6.01. The lowest BCUT2D eigenvalue weighted by atomic mass is 9.95. The van der Waals surface area contributed by atoms with Gasteiger partial charge in [-0.25, -0.2) is 4.98 Å². The van der Waals surface area contributed by atoms with Crippen LogP contribution in [0.4, 0.5) is 0 Å². The normalized spacial score (nSPS) is 19.8. The summed E-state index contributed by atoms with van der Waals surface area (Å²) in [6.45, 7) is 3.33. The number of aromatic nitrogens is 2. The van der Waals surface area contributed by atoms with Crippen LogP contribution < -0.4 is 5.32 Å². The summed E-state index contributed by atoms with van der Waals surface area (Å²) < 4.78 is 5.10. The number of rotatable bonds is 5. The second-order valence-corrected chi connectivity index (χ2v) is 6.84. The van der Waals surface area contributed by atoms with Crippen LogP contribution >= 0.6 is 23.3 Å². The molecular formula is C11H19N3S2. The van der Waals surface area contributed by atoms with E-state index in [1.807, 2.05) is 11.8 Å². The van der Waals surface area contributed by atoms with Crippen LogP contribution in [-0.4, -0.2) is 27.2 Å². The Balaban J connectivity index is 1.65. The molecule has 0 amide bonds. The van der Waals surface area contributed by atoms with Gasteiger partial charge >= 0.3 is 0 Å². The molecule has 1 heterocycles. The van der Waals surface area contributed by atoms with Crippen molar-refractivity contribution in [3.8, 4) is 0 Å². The topological polar surface area (TPSA) is 37.8 Å². The molecule has 0 radical (unpaired) electrons. The Kier molecular flexibility index (Phi) is 5.06. The maximum Gasteiger partial charge on any atom is 0.170 e. The molecule has 3 nitrogen and oxygen atoms in total. The first kappa shape index (κ1) is 12.3. The number of hydrogen-bond donors (Lipinski definition) is 1. The van der Waals surface area contributed by atoms with Gasteiger partial charge in [-0.2, -0.15) is 4.37 Å². The lowest BCUT2D eigenvalue weighted by molar-refractivity contribution is 0.375. The van der Waals surface area contributed by atoms with Gasteiger partial charge in [0.25, 0.3) is 0 Å². The minimum atomic E-state index is 0.579. The summed E-state index contributed by atoms with van der Waals surface area (Å²) in [5.74, 6) is 0. The lowest BCUT2D eigenvalue weighted by Gasteiger charge is -2.24. The van der Waals surface area contributed by atoms with Crippen molar-refractivity contribution < 1.29 is 0 Å². The Morgan fingerprint density at radius 1 is 1.50 bits per heavy atom. The summed E-state index contributed by atoms with van der Waals surface area (Å²) >= 11 is 3.31. The molecule has 1 aliphatic rings. The number of thioether (sulfide) groups is 1. The van der Waals surface area contributed by atoms with Gasteiger partial charge in [-0.05, 0) is 24.4 Å². The van der Waals surface area contributed by atoms with E-state index in [4.69, 9.17) is 0 Å². The second kappa shape index (κ2) is 6.57. The Bertz CT molecular complexity index is 283. The minimum Gasteiger partial charge on any atom is -0.313 e. The molecule has 5 heteroatoms. The first-order valence-corrected chi connectivity index (χ1v) is 7.66. The summed E-state index contributed by atoms with van der Waals surface area (Å²) in [5, 5.41) is 4.25. The summed E-state index contributed by atoms with van der Waals surface area (Å²) in [5.41, 5.74) is 0. The molecule has 1 aromatic rings. The van der Waals surface area contributed by atoms with Gasteiger partial charge in [0.1, 0.15) is 6.33 Å². The van der Waals surface area contributed by atoms with Gasteiger partial charge in [-0.1, -0.05) is 37.9 Å². The van der Waals surface area contributed by atoms with Gasteiger partial charge < -0.3 is 5.32 Å². The molecule has 1 saturated carbocycles. The van der Waals surface area contributed by atoms with Crippen molar-refractivity contribution in [1.29, 1.82) is 0 Å². The molecule has 1 fully saturated rings. The summed E-state index contributed by atoms with van der Waals surface area (Å²) in [6.07, 6.45) is 8.57. The van der Waals surface area contributed by atoms with E-state index >= 15 is 0 Å². The van der Waals surface area contributed by atoms with E-state index in [1.54, 1.807) is 6.33 Å². The highest BCUT2D eigenvalue weighted by molar-refractivity contribution is 8.01. The predicted octanol–water partition coefficient (Wildman–Crippen LogP) is 2.94. The number of nitrogens with zero attached hydrogens (tertiary/aromatic N) is 2. The summed E-state index contributed by atoms with van der Waals surface area (Å²) in [4.78, 5) is 4.19. The second-order valence-electron chi connectivity index (χ2n) is 4.38. The zero-order chi connectivity index (χ0) is 11.2. The fourth-order valence-corrected chi connectivity index (χ4v) is 3.77. The van der Waals surface area contributed by atoms with Crippen LogP contribution in [0, 0.1) is 0 Å². The third-order valence-electron chi connectivity index (χ3n) is 2.94. The Morgan fingerprint density at radius 3 is 3.00 bits per heavy atom. The molecule has 90 valence electrons. The molecule has 0 aromatic carbocycles. The molecule has 16 heavy (non-hydrogen) atoms. The molecule has 0 spiro atoms. The largest absolute Gasteiger partial charge is 0.313 e. The van der Waals surface area contributed by atoms with E-state index in [1.165, 1.54) is 43.6 Å².